The average molecular weight is 425 g/mol. The van der Waals surface area contributed by atoms with Gasteiger partial charge in [-0.3, -0.25) is 5.10 Å². The molecule has 2 aromatic rings. The second kappa shape index (κ2) is 7.62. The van der Waals surface area contributed by atoms with Gasteiger partial charge in [0.2, 0.25) is 0 Å². The van der Waals surface area contributed by atoms with Gasteiger partial charge < -0.3 is 11.1 Å². The van der Waals surface area contributed by atoms with Crippen molar-refractivity contribution in [3.05, 3.63) is 53.8 Å². The summed E-state index contributed by atoms with van der Waals surface area (Å²) in [7, 11) is -3.62. The van der Waals surface area contributed by atoms with Crippen molar-refractivity contribution in [2.24, 2.45) is 0 Å². The molecule has 1 aromatic heterocycles. The number of alkyl halides is 2. The molecule has 0 saturated carbocycles. The van der Waals surface area contributed by atoms with Gasteiger partial charge in [0.15, 0.2) is 15.7 Å². The first-order valence-electron chi connectivity index (χ1n) is 8.87. The Kier molecular flexibility index (Phi) is 5.94. The molecule has 9 heteroatoms. The van der Waals surface area contributed by atoms with Crippen LogP contribution in [0.1, 0.15) is 44.5 Å². The van der Waals surface area contributed by atoms with Gasteiger partial charge >= 0.3 is 0 Å². The van der Waals surface area contributed by atoms with Crippen LogP contribution in [-0.4, -0.2) is 23.4 Å². The maximum atomic E-state index is 13.7. The highest BCUT2D eigenvalue weighted by Crippen LogP contribution is 2.34. The minimum Gasteiger partial charge on any atom is -0.398 e. The lowest BCUT2D eigenvalue weighted by Crippen LogP contribution is -2.28. The summed E-state index contributed by atoms with van der Waals surface area (Å²) in [6.07, 6.45) is 3.04. The average Bonchev–Trinajstić information content (AvgIpc) is 2.94. The Bertz CT molecular complexity index is 1060. The molecule has 1 aromatic carbocycles. The number of nitrogens with zero attached hydrogens (tertiary/aromatic N) is 1. The number of nitrogens with two attached hydrogens (primary N) is 1. The molecule has 0 radical (unpaired) electrons. The SMILES string of the molecule is C=C/C=C(/Nc1n[nH]c(C(C)(F)F)c1C)c1cc(S(=O)(=O)C(C)(C)C)ccc1N. The van der Waals surface area contributed by atoms with Crippen molar-refractivity contribution in [3.63, 3.8) is 0 Å². The van der Waals surface area contributed by atoms with Gasteiger partial charge in [-0.15, -0.1) is 0 Å². The summed E-state index contributed by atoms with van der Waals surface area (Å²) in [6, 6.07) is 4.39. The minimum absolute atomic E-state index is 0.102. The molecule has 2 rings (SSSR count). The monoisotopic (exact) mass is 424 g/mol. The Labute approximate surface area is 169 Å². The van der Waals surface area contributed by atoms with Crippen LogP contribution in [0.2, 0.25) is 0 Å². The number of nitrogens with one attached hydrogen (secondary N) is 2. The summed E-state index contributed by atoms with van der Waals surface area (Å²) in [6.45, 7) is 10.8. The molecule has 0 aliphatic rings. The lowest BCUT2D eigenvalue weighted by atomic mass is 10.1. The molecule has 0 atom stereocenters. The van der Waals surface area contributed by atoms with E-state index in [2.05, 4.69) is 22.1 Å². The molecule has 1 heterocycles. The van der Waals surface area contributed by atoms with Crippen LogP contribution in [0.15, 0.2) is 41.8 Å². The van der Waals surface area contributed by atoms with Crippen molar-refractivity contribution in [1.82, 2.24) is 10.2 Å². The lowest BCUT2D eigenvalue weighted by molar-refractivity contribution is 0.0121. The van der Waals surface area contributed by atoms with Gasteiger partial charge in [-0.25, -0.2) is 8.42 Å². The molecule has 0 fully saturated rings. The zero-order valence-electron chi connectivity index (χ0n) is 17.1. The van der Waals surface area contributed by atoms with Gasteiger partial charge in [0.25, 0.3) is 5.92 Å². The first-order valence-corrected chi connectivity index (χ1v) is 10.4. The number of H-pyrrole nitrogens is 1. The number of rotatable bonds is 6. The number of sulfone groups is 1. The van der Waals surface area contributed by atoms with Gasteiger partial charge in [-0.2, -0.15) is 13.9 Å². The molecule has 4 N–H and O–H groups in total. The van der Waals surface area contributed by atoms with Gasteiger partial charge in [0, 0.05) is 29.4 Å². The number of benzene rings is 1. The van der Waals surface area contributed by atoms with E-state index < -0.39 is 20.5 Å². The molecule has 0 bridgehead atoms. The predicted octanol–water partition coefficient (Wildman–Crippen LogP) is 4.62. The fourth-order valence-electron chi connectivity index (χ4n) is 2.68. The van der Waals surface area contributed by atoms with Crippen LogP contribution in [0.4, 0.5) is 20.3 Å². The summed E-state index contributed by atoms with van der Waals surface area (Å²) < 4.78 is 52.0. The van der Waals surface area contributed by atoms with E-state index in [1.807, 2.05) is 0 Å². The Hall–Kier alpha value is -2.68. The molecule has 0 spiro atoms. The van der Waals surface area contributed by atoms with Gasteiger partial charge in [-0.1, -0.05) is 12.7 Å². The van der Waals surface area contributed by atoms with Crippen LogP contribution in [0.25, 0.3) is 5.70 Å². The zero-order valence-corrected chi connectivity index (χ0v) is 17.9. The Morgan fingerprint density at radius 1 is 1.28 bits per heavy atom. The summed E-state index contributed by atoms with van der Waals surface area (Å²) in [5, 5.41) is 9.21. The van der Waals surface area contributed by atoms with Crippen molar-refractivity contribution in [1.29, 1.82) is 0 Å². The number of halogens is 2. The maximum absolute atomic E-state index is 13.7. The minimum atomic E-state index is -3.62. The standard InChI is InChI=1S/C20H26F2N4O2S/c1-7-8-16(24-18-12(2)17(25-26-18)20(6,21)22)14-11-13(9-10-15(14)23)29(27,28)19(3,4)5/h7-11H,1,23H2,2-6H3,(H2,24,25,26)/b16-8+. The fourth-order valence-corrected chi connectivity index (χ4v) is 3.91. The molecular formula is C20H26F2N4O2S. The van der Waals surface area contributed by atoms with Crippen molar-refractivity contribution in [2.75, 3.05) is 11.1 Å². The number of nitrogen functional groups attached to an aromatic ring is 1. The molecule has 0 aliphatic heterocycles. The normalized spacial score (nSPS) is 13.4. The number of anilines is 2. The van der Waals surface area contributed by atoms with Gasteiger partial charge in [0.05, 0.1) is 9.64 Å². The topological polar surface area (TPSA) is 101 Å². The molecule has 158 valence electrons. The van der Waals surface area contributed by atoms with E-state index >= 15 is 0 Å². The van der Waals surface area contributed by atoms with E-state index in [4.69, 9.17) is 5.73 Å². The Morgan fingerprint density at radius 2 is 1.90 bits per heavy atom. The first-order chi connectivity index (χ1) is 13.2. The zero-order chi connectivity index (χ0) is 22.2. The van der Waals surface area contributed by atoms with Crippen LogP contribution < -0.4 is 11.1 Å². The van der Waals surface area contributed by atoms with E-state index in [0.29, 0.717) is 16.9 Å². The second-order valence-corrected chi connectivity index (χ2v) is 10.5. The molecule has 0 aliphatic carbocycles. The Morgan fingerprint density at radius 3 is 2.38 bits per heavy atom. The summed E-state index contributed by atoms with van der Waals surface area (Å²) >= 11 is 0. The van der Waals surface area contributed by atoms with Crippen LogP contribution in [0.5, 0.6) is 0 Å². The third-order valence-corrected chi connectivity index (χ3v) is 6.90. The number of hydrogen-bond acceptors (Lipinski definition) is 5. The van der Waals surface area contributed by atoms with Gasteiger partial charge in [0.1, 0.15) is 5.69 Å². The molecular weight excluding hydrogens is 398 g/mol. The van der Waals surface area contributed by atoms with Crippen LogP contribution in [-0.2, 0) is 15.8 Å². The summed E-state index contributed by atoms with van der Waals surface area (Å²) in [5.41, 5.74) is 7.09. The second-order valence-electron chi connectivity index (χ2n) is 7.77. The molecule has 6 nitrogen and oxygen atoms in total. The third-order valence-electron chi connectivity index (χ3n) is 4.42. The largest absolute Gasteiger partial charge is 0.398 e. The lowest BCUT2D eigenvalue weighted by Gasteiger charge is -2.21. The van der Waals surface area contributed by atoms with Crippen molar-refractivity contribution in [3.8, 4) is 0 Å². The van der Waals surface area contributed by atoms with Crippen molar-refractivity contribution < 1.29 is 17.2 Å². The van der Waals surface area contributed by atoms with Crippen molar-refractivity contribution in [2.45, 2.75) is 50.2 Å². The van der Waals surface area contributed by atoms with E-state index in [9.17, 15) is 17.2 Å². The van der Waals surface area contributed by atoms with E-state index in [0.717, 1.165) is 6.92 Å². The number of allylic oxidation sites excluding steroid dienone is 2. The quantitative estimate of drug-likeness (QED) is 0.464. The molecule has 0 unspecified atom stereocenters. The highest BCUT2D eigenvalue weighted by Gasteiger charge is 2.32. The number of aromatic nitrogens is 2. The smallest absolute Gasteiger partial charge is 0.286 e. The molecule has 0 amide bonds. The Balaban J connectivity index is 2.56. The molecule has 0 saturated heterocycles. The van der Waals surface area contributed by atoms with E-state index in [1.165, 1.54) is 31.2 Å². The van der Waals surface area contributed by atoms with Gasteiger partial charge in [-0.05, 0) is 52.0 Å². The highest BCUT2D eigenvalue weighted by atomic mass is 32.2. The first kappa shape index (κ1) is 22.6. The maximum Gasteiger partial charge on any atom is 0.286 e. The fraction of sp³-hybridized carbons (Fsp3) is 0.350. The predicted molar refractivity (Wildman–Crippen MR) is 112 cm³/mol. The van der Waals surface area contributed by atoms with Crippen LogP contribution in [0, 0.1) is 6.92 Å². The van der Waals surface area contributed by atoms with Crippen molar-refractivity contribution >= 4 is 27.0 Å². The van der Waals surface area contributed by atoms with E-state index in [1.54, 1.807) is 26.8 Å². The highest BCUT2D eigenvalue weighted by molar-refractivity contribution is 7.92. The number of aromatic amines is 1. The molecule has 29 heavy (non-hydrogen) atoms. The number of hydrogen-bond donors (Lipinski definition) is 3. The third kappa shape index (κ3) is 4.50. The van der Waals surface area contributed by atoms with Crippen LogP contribution in [0.3, 0.4) is 0 Å². The summed E-state index contributed by atoms with van der Waals surface area (Å²) in [5.74, 6) is -2.91. The van der Waals surface area contributed by atoms with E-state index in [-0.39, 0.29) is 22.0 Å². The van der Waals surface area contributed by atoms with Crippen LogP contribution >= 0.6 is 0 Å². The summed E-state index contributed by atoms with van der Waals surface area (Å²) in [4.78, 5) is 0.102.